The standard InChI is InChI=1S/C18H30N4O2/c1-6-14(2)21-18(20-13-17(23)22(3)4)19-12-11-15-9-7-8-10-16(15)24-5/h7-10,14H,6,11-13H2,1-5H3,(H2,19,20,21). The van der Waals surface area contributed by atoms with Gasteiger partial charge in [0, 0.05) is 26.7 Å². The summed E-state index contributed by atoms with van der Waals surface area (Å²) in [6.45, 7) is 5.03. The quantitative estimate of drug-likeness (QED) is 0.560. The fourth-order valence-corrected chi connectivity index (χ4v) is 2.00. The second-order valence-electron chi connectivity index (χ2n) is 5.90. The average Bonchev–Trinajstić information content (AvgIpc) is 2.59. The minimum Gasteiger partial charge on any atom is -0.496 e. The highest BCUT2D eigenvalue weighted by molar-refractivity contribution is 5.84. The van der Waals surface area contributed by atoms with E-state index in [1.807, 2.05) is 18.2 Å². The van der Waals surface area contributed by atoms with Gasteiger partial charge in [0.25, 0.3) is 0 Å². The molecule has 6 heteroatoms. The van der Waals surface area contributed by atoms with Gasteiger partial charge >= 0.3 is 0 Å². The number of carbonyl (C=O) groups excluding carboxylic acids is 1. The number of hydrogen-bond acceptors (Lipinski definition) is 3. The van der Waals surface area contributed by atoms with Crippen molar-refractivity contribution in [2.45, 2.75) is 32.7 Å². The summed E-state index contributed by atoms with van der Waals surface area (Å²) in [6.07, 6.45) is 1.79. The molecule has 1 atom stereocenters. The number of carbonyl (C=O) groups is 1. The molecule has 6 nitrogen and oxygen atoms in total. The Kier molecular flexibility index (Phi) is 8.68. The van der Waals surface area contributed by atoms with Gasteiger partial charge in [0.1, 0.15) is 12.3 Å². The van der Waals surface area contributed by atoms with E-state index in [0.29, 0.717) is 12.5 Å². The molecular weight excluding hydrogens is 304 g/mol. The van der Waals surface area contributed by atoms with Gasteiger partial charge < -0.3 is 20.3 Å². The van der Waals surface area contributed by atoms with E-state index < -0.39 is 0 Å². The lowest BCUT2D eigenvalue weighted by atomic mass is 10.1. The zero-order valence-electron chi connectivity index (χ0n) is 15.4. The van der Waals surface area contributed by atoms with Crippen LogP contribution in [0.5, 0.6) is 5.75 Å². The van der Waals surface area contributed by atoms with E-state index in [0.717, 1.165) is 24.2 Å². The molecule has 1 amide bonds. The van der Waals surface area contributed by atoms with Crippen molar-refractivity contribution < 1.29 is 9.53 Å². The summed E-state index contributed by atoms with van der Waals surface area (Å²) in [7, 11) is 5.14. The maximum absolute atomic E-state index is 11.7. The number of ether oxygens (including phenoxy) is 1. The van der Waals surface area contributed by atoms with Crippen LogP contribution in [0.2, 0.25) is 0 Å². The lowest BCUT2D eigenvalue weighted by Gasteiger charge is -2.18. The molecule has 1 aromatic rings. The highest BCUT2D eigenvalue weighted by Gasteiger charge is 2.07. The predicted octanol–water partition coefficient (Wildman–Crippen LogP) is 1.66. The normalized spacial score (nSPS) is 12.5. The Morgan fingerprint density at radius 2 is 2.04 bits per heavy atom. The van der Waals surface area contributed by atoms with E-state index in [-0.39, 0.29) is 18.5 Å². The van der Waals surface area contributed by atoms with Gasteiger partial charge in [-0.05, 0) is 31.4 Å². The first kappa shape index (κ1) is 19.8. The monoisotopic (exact) mass is 334 g/mol. The SMILES string of the molecule is CCC(C)NC(=NCC(=O)N(C)C)NCCc1ccccc1OC. The number of nitrogens with one attached hydrogen (secondary N) is 2. The molecule has 0 bridgehead atoms. The molecule has 0 aliphatic carbocycles. The molecule has 0 radical (unpaired) electrons. The third kappa shape index (κ3) is 6.89. The van der Waals surface area contributed by atoms with Crippen LogP contribution in [0, 0.1) is 0 Å². The van der Waals surface area contributed by atoms with Crippen molar-refractivity contribution in [3.8, 4) is 5.75 Å². The fraction of sp³-hybridized carbons (Fsp3) is 0.556. The van der Waals surface area contributed by atoms with Gasteiger partial charge in [-0.2, -0.15) is 0 Å². The number of rotatable bonds is 8. The molecule has 0 spiro atoms. The summed E-state index contributed by atoms with van der Waals surface area (Å²) >= 11 is 0. The highest BCUT2D eigenvalue weighted by atomic mass is 16.5. The third-order valence-corrected chi connectivity index (χ3v) is 3.75. The van der Waals surface area contributed by atoms with Crippen LogP contribution in [0.1, 0.15) is 25.8 Å². The van der Waals surface area contributed by atoms with Gasteiger partial charge in [0.2, 0.25) is 5.91 Å². The molecule has 0 aliphatic rings. The summed E-state index contributed by atoms with van der Waals surface area (Å²) in [5.74, 6) is 1.52. The number of hydrogen-bond donors (Lipinski definition) is 2. The molecule has 1 aromatic carbocycles. The van der Waals surface area contributed by atoms with E-state index in [2.05, 4.69) is 35.5 Å². The number of methoxy groups -OCH3 is 1. The van der Waals surface area contributed by atoms with Crippen molar-refractivity contribution in [1.82, 2.24) is 15.5 Å². The smallest absolute Gasteiger partial charge is 0.243 e. The molecule has 0 heterocycles. The number of guanidine groups is 1. The topological polar surface area (TPSA) is 66.0 Å². The van der Waals surface area contributed by atoms with Crippen LogP contribution in [0.25, 0.3) is 0 Å². The zero-order chi connectivity index (χ0) is 17.9. The molecule has 24 heavy (non-hydrogen) atoms. The Hall–Kier alpha value is -2.24. The summed E-state index contributed by atoms with van der Waals surface area (Å²) in [5, 5.41) is 6.60. The van der Waals surface area contributed by atoms with E-state index in [9.17, 15) is 4.79 Å². The van der Waals surface area contributed by atoms with Gasteiger partial charge in [-0.3, -0.25) is 4.79 Å². The lowest BCUT2D eigenvalue weighted by molar-refractivity contribution is -0.127. The number of amides is 1. The van der Waals surface area contributed by atoms with E-state index in [1.54, 1.807) is 26.1 Å². The molecule has 0 aliphatic heterocycles. The van der Waals surface area contributed by atoms with Gasteiger partial charge in [0.05, 0.1) is 7.11 Å². The first-order valence-corrected chi connectivity index (χ1v) is 8.34. The van der Waals surface area contributed by atoms with Crippen LogP contribution in [0.3, 0.4) is 0 Å². The maximum atomic E-state index is 11.7. The highest BCUT2D eigenvalue weighted by Crippen LogP contribution is 2.17. The molecule has 134 valence electrons. The van der Waals surface area contributed by atoms with E-state index in [4.69, 9.17) is 4.74 Å². The van der Waals surface area contributed by atoms with Crippen LogP contribution in [-0.4, -0.2) is 57.1 Å². The number of likely N-dealkylation sites (N-methyl/N-ethyl adjacent to an activating group) is 1. The van der Waals surface area contributed by atoms with Crippen molar-refractivity contribution in [3.05, 3.63) is 29.8 Å². The lowest BCUT2D eigenvalue weighted by Crippen LogP contribution is -2.43. The Balaban J connectivity index is 2.64. The van der Waals surface area contributed by atoms with Gasteiger partial charge in [-0.15, -0.1) is 0 Å². The largest absolute Gasteiger partial charge is 0.496 e. The van der Waals surface area contributed by atoms with Crippen LogP contribution in [0.4, 0.5) is 0 Å². The zero-order valence-corrected chi connectivity index (χ0v) is 15.4. The first-order valence-electron chi connectivity index (χ1n) is 8.34. The van der Waals surface area contributed by atoms with Gasteiger partial charge in [0.15, 0.2) is 5.96 Å². The minimum atomic E-state index is -0.0232. The summed E-state index contributed by atoms with van der Waals surface area (Å²) in [6, 6.07) is 8.25. The number of nitrogens with zero attached hydrogens (tertiary/aromatic N) is 2. The third-order valence-electron chi connectivity index (χ3n) is 3.75. The van der Waals surface area contributed by atoms with Crippen LogP contribution >= 0.6 is 0 Å². The van der Waals surface area contributed by atoms with E-state index >= 15 is 0 Å². The van der Waals surface area contributed by atoms with Crippen LogP contribution in [0.15, 0.2) is 29.3 Å². The van der Waals surface area contributed by atoms with Crippen molar-refractivity contribution in [2.75, 3.05) is 34.3 Å². The molecule has 0 saturated carbocycles. The Labute approximate surface area is 145 Å². The second kappa shape index (κ2) is 10.5. The predicted molar refractivity (Wildman–Crippen MR) is 98.6 cm³/mol. The molecule has 1 unspecified atom stereocenters. The molecular formula is C18H30N4O2. The summed E-state index contributed by atoms with van der Waals surface area (Å²) < 4.78 is 5.37. The van der Waals surface area contributed by atoms with Crippen molar-refractivity contribution in [1.29, 1.82) is 0 Å². The Bertz CT molecular complexity index is 544. The summed E-state index contributed by atoms with van der Waals surface area (Å²) in [5.41, 5.74) is 1.14. The van der Waals surface area contributed by atoms with Crippen LogP contribution < -0.4 is 15.4 Å². The second-order valence-corrected chi connectivity index (χ2v) is 5.90. The summed E-state index contributed by atoms with van der Waals surface area (Å²) in [4.78, 5) is 17.6. The molecule has 0 fully saturated rings. The van der Waals surface area contributed by atoms with Crippen LogP contribution in [-0.2, 0) is 11.2 Å². The molecule has 0 aromatic heterocycles. The molecule has 0 saturated heterocycles. The number of para-hydroxylation sites is 1. The number of aliphatic imine (C=N–C) groups is 1. The van der Waals surface area contributed by atoms with E-state index in [1.165, 1.54) is 0 Å². The van der Waals surface area contributed by atoms with Gasteiger partial charge in [-0.1, -0.05) is 25.1 Å². The Morgan fingerprint density at radius 1 is 1.33 bits per heavy atom. The Morgan fingerprint density at radius 3 is 2.67 bits per heavy atom. The maximum Gasteiger partial charge on any atom is 0.243 e. The molecule has 1 rings (SSSR count). The van der Waals surface area contributed by atoms with Crippen molar-refractivity contribution in [3.63, 3.8) is 0 Å². The molecule has 2 N–H and O–H groups in total. The minimum absolute atomic E-state index is 0.0232. The van der Waals surface area contributed by atoms with Crippen molar-refractivity contribution >= 4 is 11.9 Å². The average molecular weight is 334 g/mol. The van der Waals surface area contributed by atoms with Gasteiger partial charge in [-0.25, -0.2) is 4.99 Å². The first-order chi connectivity index (χ1) is 11.5. The number of benzene rings is 1. The van der Waals surface area contributed by atoms with Crippen molar-refractivity contribution in [2.24, 2.45) is 4.99 Å². The fourth-order valence-electron chi connectivity index (χ4n) is 2.00.